The van der Waals surface area contributed by atoms with Crippen molar-refractivity contribution >= 4 is 11.9 Å². The van der Waals surface area contributed by atoms with Crippen molar-refractivity contribution in [3.8, 4) is 17.2 Å². The summed E-state index contributed by atoms with van der Waals surface area (Å²) in [5.41, 5.74) is 0. The SMILES string of the molecule is CCCCCCCCOc1ccc(OC(=O)CCCCCCC)c(OC(=O)CCCCCCC)c1. The van der Waals surface area contributed by atoms with Crippen LogP contribution in [0.3, 0.4) is 0 Å². The fourth-order valence-electron chi connectivity index (χ4n) is 3.91. The van der Waals surface area contributed by atoms with E-state index in [1.165, 1.54) is 51.4 Å². The van der Waals surface area contributed by atoms with Crippen molar-refractivity contribution < 1.29 is 23.8 Å². The van der Waals surface area contributed by atoms with Gasteiger partial charge in [-0.05, 0) is 31.4 Å². The van der Waals surface area contributed by atoms with Crippen LogP contribution in [0.2, 0.25) is 0 Å². The molecule has 1 aromatic rings. The monoisotopic (exact) mass is 490 g/mol. The molecule has 0 spiro atoms. The molecule has 1 rings (SSSR count). The van der Waals surface area contributed by atoms with Gasteiger partial charge in [-0.1, -0.05) is 104 Å². The van der Waals surface area contributed by atoms with E-state index in [-0.39, 0.29) is 23.4 Å². The van der Waals surface area contributed by atoms with E-state index in [0.717, 1.165) is 51.4 Å². The number of unbranched alkanes of at least 4 members (excludes halogenated alkanes) is 13. The van der Waals surface area contributed by atoms with Gasteiger partial charge in [0.25, 0.3) is 0 Å². The Hall–Kier alpha value is -2.04. The number of benzene rings is 1. The Morgan fingerprint density at radius 2 is 1.03 bits per heavy atom. The molecule has 0 saturated heterocycles. The number of hydrogen-bond donors (Lipinski definition) is 0. The molecular formula is C30H50O5. The Balaban J connectivity index is 2.64. The molecule has 5 heteroatoms. The number of ether oxygens (including phenoxy) is 3. The van der Waals surface area contributed by atoms with Crippen molar-refractivity contribution in [2.24, 2.45) is 0 Å². The average molecular weight is 491 g/mol. The minimum absolute atomic E-state index is 0.267. The van der Waals surface area contributed by atoms with E-state index in [1.807, 2.05) is 0 Å². The van der Waals surface area contributed by atoms with Crippen LogP contribution in [-0.2, 0) is 9.59 Å². The highest BCUT2D eigenvalue weighted by molar-refractivity contribution is 5.76. The maximum Gasteiger partial charge on any atom is 0.311 e. The largest absolute Gasteiger partial charge is 0.493 e. The normalized spacial score (nSPS) is 10.8. The van der Waals surface area contributed by atoms with Crippen molar-refractivity contribution in [3.63, 3.8) is 0 Å². The van der Waals surface area contributed by atoms with E-state index >= 15 is 0 Å². The Bertz CT molecular complexity index is 685. The maximum atomic E-state index is 12.4. The van der Waals surface area contributed by atoms with Gasteiger partial charge < -0.3 is 14.2 Å². The lowest BCUT2D eigenvalue weighted by Gasteiger charge is -2.13. The predicted molar refractivity (Wildman–Crippen MR) is 143 cm³/mol. The number of carbonyl (C=O) groups excluding carboxylic acids is 2. The van der Waals surface area contributed by atoms with Gasteiger partial charge in [0.15, 0.2) is 11.5 Å². The first-order chi connectivity index (χ1) is 17.1. The van der Waals surface area contributed by atoms with Gasteiger partial charge in [0.1, 0.15) is 5.75 Å². The molecule has 0 unspecified atom stereocenters. The van der Waals surface area contributed by atoms with E-state index in [2.05, 4.69) is 20.8 Å². The molecule has 35 heavy (non-hydrogen) atoms. The van der Waals surface area contributed by atoms with Crippen LogP contribution in [0.25, 0.3) is 0 Å². The molecule has 1 aromatic carbocycles. The Kier molecular flexibility index (Phi) is 18.8. The minimum atomic E-state index is -0.300. The zero-order valence-corrected chi connectivity index (χ0v) is 22.7. The smallest absolute Gasteiger partial charge is 0.311 e. The van der Waals surface area contributed by atoms with Crippen LogP contribution in [0.15, 0.2) is 18.2 Å². The fraction of sp³-hybridized carbons (Fsp3) is 0.733. The van der Waals surface area contributed by atoms with Gasteiger partial charge in [-0.3, -0.25) is 9.59 Å². The molecule has 0 radical (unpaired) electrons. The van der Waals surface area contributed by atoms with Crippen molar-refractivity contribution in [3.05, 3.63) is 18.2 Å². The van der Waals surface area contributed by atoms with Crippen LogP contribution < -0.4 is 14.2 Å². The molecule has 0 atom stereocenters. The highest BCUT2D eigenvalue weighted by atomic mass is 16.6. The maximum absolute atomic E-state index is 12.4. The molecule has 0 bridgehead atoms. The molecule has 0 amide bonds. The molecule has 0 aliphatic carbocycles. The second kappa shape index (κ2) is 21.3. The molecule has 0 N–H and O–H groups in total. The third kappa shape index (κ3) is 16.3. The van der Waals surface area contributed by atoms with E-state index < -0.39 is 0 Å². The zero-order chi connectivity index (χ0) is 25.6. The van der Waals surface area contributed by atoms with Gasteiger partial charge in [-0.2, -0.15) is 0 Å². The van der Waals surface area contributed by atoms with Crippen molar-refractivity contribution in [2.45, 2.75) is 136 Å². The molecule has 5 nitrogen and oxygen atoms in total. The van der Waals surface area contributed by atoms with Crippen LogP contribution in [-0.4, -0.2) is 18.5 Å². The van der Waals surface area contributed by atoms with Crippen LogP contribution >= 0.6 is 0 Å². The Labute approximate surface area is 214 Å². The summed E-state index contributed by atoms with van der Waals surface area (Å²) in [7, 11) is 0. The summed E-state index contributed by atoms with van der Waals surface area (Å²) in [5, 5.41) is 0. The third-order valence-corrected chi connectivity index (χ3v) is 6.10. The second-order valence-corrected chi connectivity index (χ2v) is 9.50. The standard InChI is InChI=1S/C30H50O5/c1-4-7-10-13-16-19-24-33-26-22-23-27(34-29(31)20-17-14-11-8-5-2)28(25-26)35-30(32)21-18-15-12-9-6-3/h22-23,25H,4-21,24H2,1-3H3. The third-order valence-electron chi connectivity index (χ3n) is 6.10. The number of rotatable bonds is 22. The van der Waals surface area contributed by atoms with E-state index in [1.54, 1.807) is 18.2 Å². The van der Waals surface area contributed by atoms with Crippen LogP contribution in [0, 0.1) is 0 Å². The van der Waals surface area contributed by atoms with Gasteiger partial charge in [0, 0.05) is 18.9 Å². The summed E-state index contributed by atoms with van der Waals surface area (Å²) in [6.45, 7) is 7.18. The van der Waals surface area contributed by atoms with E-state index in [0.29, 0.717) is 25.2 Å². The topological polar surface area (TPSA) is 61.8 Å². The van der Waals surface area contributed by atoms with E-state index in [4.69, 9.17) is 14.2 Å². The molecule has 0 saturated carbocycles. The summed E-state index contributed by atoms with van der Waals surface area (Å²) in [5.74, 6) is 0.590. The lowest BCUT2D eigenvalue weighted by atomic mass is 10.1. The molecule has 0 aromatic heterocycles. The number of carbonyl (C=O) groups is 2. The molecular weight excluding hydrogens is 440 g/mol. The predicted octanol–water partition coefficient (Wildman–Crippen LogP) is 8.96. The zero-order valence-electron chi connectivity index (χ0n) is 22.7. The summed E-state index contributed by atoms with van der Waals surface area (Å²) in [6, 6.07) is 5.13. The molecule has 0 fully saturated rings. The Morgan fingerprint density at radius 3 is 1.57 bits per heavy atom. The van der Waals surface area contributed by atoms with Crippen molar-refractivity contribution in [1.82, 2.24) is 0 Å². The quantitative estimate of drug-likeness (QED) is 0.0922. The highest BCUT2D eigenvalue weighted by Gasteiger charge is 2.15. The summed E-state index contributed by atoms with van der Waals surface area (Å²) >= 11 is 0. The first-order valence-electron chi connectivity index (χ1n) is 14.3. The average Bonchev–Trinajstić information content (AvgIpc) is 2.84. The number of hydrogen-bond acceptors (Lipinski definition) is 5. The van der Waals surface area contributed by atoms with Gasteiger partial charge in [0.05, 0.1) is 6.61 Å². The molecule has 0 aliphatic rings. The fourth-order valence-corrected chi connectivity index (χ4v) is 3.91. The van der Waals surface area contributed by atoms with Crippen LogP contribution in [0.5, 0.6) is 17.2 Å². The van der Waals surface area contributed by atoms with Gasteiger partial charge in [-0.15, -0.1) is 0 Å². The Morgan fingerprint density at radius 1 is 0.571 bits per heavy atom. The van der Waals surface area contributed by atoms with E-state index in [9.17, 15) is 9.59 Å². The van der Waals surface area contributed by atoms with Gasteiger partial charge in [-0.25, -0.2) is 0 Å². The first kappa shape index (κ1) is 31.0. The number of esters is 2. The summed E-state index contributed by atoms with van der Waals surface area (Å²) in [4.78, 5) is 24.8. The molecule has 0 aliphatic heterocycles. The van der Waals surface area contributed by atoms with Crippen LogP contribution in [0.1, 0.15) is 136 Å². The van der Waals surface area contributed by atoms with Crippen LogP contribution in [0.4, 0.5) is 0 Å². The lowest BCUT2D eigenvalue weighted by Crippen LogP contribution is -2.12. The molecule has 0 heterocycles. The summed E-state index contributed by atoms with van der Waals surface area (Å²) < 4.78 is 17.1. The molecule has 200 valence electrons. The van der Waals surface area contributed by atoms with Gasteiger partial charge in [0.2, 0.25) is 0 Å². The lowest BCUT2D eigenvalue weighted by molar-refractivity contribution is -0.137. The van der Waals surface area contributed by atoms with Crippen molar-refractivity contribution in [2.75, 3.05) is 6.61 Å². The van der Waals surface area contributed by atoms with Gasteiger partial charge >= 0.3 is 11.9 Å². The minimum Gasteiger partial charge on any atom is -0.493 e. The summed E-state index contributed by atoms with van der Waals surface area (Å²) in [6.07, 6.45) is 18.5. The van der Waals surface area contributed by atoms with Crippen molar-refractivity contribution in [1.29, 1.82) is 0 Å². The first-order valence-corrected chi connectivity index (χ1v) is 14.3. The highest BCUT2D eigenvalue weighted by Crippen LogP contribution is 2.33. The second-order valence-electron chi connectivity index (χ2n) is 9.50.